The van der Waals surface area contributed by atoms with Crippen LogP contribution < -0.4 is 9.47 Å². The molecule has 1 heterocycles. The van der Waals surface area contributed by atoms with E-state index < -0.39 is 6.10 Å². The fraction of sp³-hybridized carbons (Fsp3) is 0.250. The summed E-state index contributed by atoms with van der Waals surface area (Å²) in [4.78, 5) is 0. The second-order valence-corrected chi connectivity index (χ2v) is 6.64. The first kappa shape index (κ1) is 14.9. The molecule has 2 atom stereocenters. The number of fused-ring (bicyclic) bond motifs is 1. The van der Waals surface area contributed by atoms with Gasteiger partial charge in [-0.15, -0.1) is 0 Å². The average molecular weight is 414 g/mol. The Labute approximate surface area is 140 Å². The quantitative estimate of drug-likeness (QED) is 0.769. The number of methoxy groups -OCH3 is 1. The zero-order valence-electron chi connectivity index (χ0n) is 11.3. The molecule has 2 aromatic carbocycles. The van der Waals surface area contributed by atoms with E-state index in [-0.39, 0.29) is 6.10 Å². The molecule has 1 unspecified atom stereocenters. The van der Waals surface area contributed by atoms with Gasteiger partial charge in [-0.05, 0) is 67.8 Å². The lowest BCUT2D eigenvalue weighted by molar-refractivity contribution is 0.0654. The smallest absolute Gasteiger partial charge is 0.127 e. The first-order chi connectivity index (χ1) is 10.1. The zero-order chi connectivity index (χ0) is 15.0. The maximum atomic E-state index is 10.4. The van der Waals surface area contributed by atoms with Gasteiger partial charge in [-0.25, -0.2) is 0 Å². The van der Waals surface area contributed by atoms with Gasteiger partial charge in [0.2, 0.25) is 0 Å². The summed E-state index contributed by atoms with van der Waals surface area (Å²) in [5.41, 5.74) is 1.81. The molecule has 21 heavy (non-hydrogen) atoms. The fourth-order valence-corrected chi connectivity index (χ4v) is 3.11. The summed E-state index contributed by atoms with van der Waals surface area (Å²) in [6.45, 7) is 0. The molecule has 0 saturated heterocycles. The number of aliphatic hydroxyl groups is 1. The van der Waals surface area contributed by atoms with E-state index in [4.69, 9.17) is 9.47 Å². The minimum atomic E-state index is -0.559. The van der Waals surface area contributed by atoms with Gasteiger partial charge >= 0.3 is 0 Å². The van der Waals surface area contributed by atoms with Crippen LogP contribution >= 0.6 is 31.9 Å². The number of benzene rings is 2. The van der Waals surface area contributed by atoms with Crippen LogP contribution in [0.1, 0.15) is 29.8 Å². The minimum absolute atomic E-state index is 0.162. The van der Waals surface area contributed by atoms with Crippen molar-refractivity contribution in [2.75, 3.05) is 7.11 Å². The van der Waals surface area contributed by atoms with Crippen molar-refractivity contribution >= 4 is 31.9 Å². The lowest BCUT2D eigenvalue weighted by Gasteiger charge is -2.30. The Morgan fingerprint density at radius 1 is 1.14 bits per heavy atom. The first-order valence-electron chi connectivity index (χ1n) is 6.56. The average Bonchev–Trinajstić information content (AvgIpc) is 2.49. The van der Waals surface area contributed by atoms with Crippen molar-refractivity contribution in [3.05, 3.63) is 56.5 Å². The van der Waals surface area contributed by atoms with Gasteiger partial charge in [-0.3, -0.25) is 0 Å². The molecule has 0 aliphatic carbocycles. The molecule has 0 spiro atoms. The van der Waals surface area contributed by atoms with Crippen LogP contribution in [0.25, 0.3) is 0 Å². The van der Waals surface area contributed by atoms with Crippen LogP contribution in [0.2, 0.25) is 0 Å². The summed E-state index contributed by atoms with van der Waals surface area (Å²) in [7, 11) is 1.61. The van der Waals surface area contributed by atoms with E-state index in [2.05, 4.69) is 31.9 Å². The molecule has 1 aliphatic rings. The van der Waals surface area contributed by atoms with Gasteiger partial charge < -0.3 is 14.6 Å². The van der Waals surface area contributed by atoms with E-state index in [1.54, 1.807) is 7.11 Å². The summed E-state index contributed by atoms with van der Waals surface area (Å²) in [5.74, 6) is 1.43. The molecular weight excluding hydrogens is 400 g/mol. The van der Waals surface area contributed by atoms with Crippen LogP contribution in [0.3, 0.4) is 0 Å². The fourth-order valence-electron chi connectivity index (χ4n) is 2.47. The maximum absolute atomic E-state index is 10.4. The Morgan fingerprint density at radius 3 is 2.67 bits per heavy atom. The second kappa shape index (κ2) is 5.99. The molecule has 1 aliphatic heterocycles. The molecule has 3 rings (SSSR count). The van der Waals surface area contributed by atoms with E-state index in [1.165, 1.54) is 0 Å². The molecule has 2 aromatic rings. The van der Waals surface area contributed by atoms with Crippen LogP contribution in [0.4, 0.5) is 0 Å². The highest BCUT2D eigenvalue weighted by atomic mass is 79.9. The number of ether oxygens (including phenoxy) is 2. The van der Waals surface area contributed by atoms with Crippen molar-refractivity contribution in [3.63, 3.8) is 0 Å². The molecule has 0 fully saturated rings. The van der Waals surface area contributed by atoms with Gasteiger partial charge in [0.1, 0.15) is 17.6 Å². The third-order valence-corrected chi connectivity index (χ3v) is 5.48. The van der Waals surface area contributed by atoms with Gasteiger partial charge in [0.15, 0.2) is 0 Å². The van der Waals surface area contributed by atoms with Crippen molar-refractivity contribution in [1.29, 1.82) is 0 Å². The normalized spacial score (nSPS) is 20.6. The monoisotopic (exact) mass is 412 g/mol. The topological polar surface area (TPSA) is 38.7 Å². The third kappa shape index (κ3) is 2.96. The van der Waals surface area contributed by atoms with Crippen molar-refractivity contribution in [2.24, 2.45) is 0 Å². The predicted molar refractivity (Wildman–Crippen MR) is 87.8 cm³/mol. The Kier molecular flexibility index (Phi) is 4.24. The lowest BCUT2D eigenvalue weighted by atomic mass is 9.95. The molecule has 0 saturated carbocycles. The van der Waals surface area contributed by atoms with Gasteiger partial charge in [0.25, 0.3) is 0 Å². The van der Waals surface area contributed by atoms with Gasteiger partial charge in [0, 0.05) is 20.9 Å². The summed E-state index contributed by atoms with van der Waals surface area (Å²) < 4.78 is 13.2. The minimum Gasteiger partial charge on any atom is -0.497 e. The highest BCUT2D eigenvalue weighted by Crippen LogP contribution is 2.42. The van der Waals surface area contributed by atoms with E-state index in [0.29, 0.717) is 12.2 Å². The van der Waals surface area contributed by atoms with E-state index in [0.717, 1.165) is 25.8 Å². The molecule has 5 heteroatoms. The molecule has 0 aromatic heterocycles. The maximum Gasteiger partial charge on any atom is 0.127 e. The van der Waals surface area contributed by atoms with E-state index in [1.807, 2.05) is 36.4 Å². The lowest BCUT2D eigenvalue weighted by Crippen LogP contribution is -2.19. The van der Waals surface area contributed by atoms with Gasteiger partial charge in [0.05, 0.1) is 13.2 Å². The summed E-state index contributed by atoms with van der Waals surface area (Å²) in [6.07, 6.45) is -0.199. The molecule has 0 bridgehead atoms. The summed E-state index contributed by atoms with van der Waals surface area (Å²) in [6, 6.07) is 11.5. The van der Waals surface area contributed by atoms with Crippen molar-refractivity contribution in [1.82, 2.24) is 0 Å². The molecular formula is C16H14Br2O3. The number of hydrogen-bond acceptors (Lipinski definition) is 3. The predicted octanol–water partition coefficient (Wildman–Crippen LogP) is 4.78. The molecule has 1 N–H and O–H groups in total. The summed E-state index contributed by atoms with van der Waals surface area (Å²) >= 11 is 6.95. The Hall–Kier alpha value is -1.04. The second-order valence-electron chi connectivity index (χ2n) is 4.94. The Bertz CT molecular complexity index is 673. The molecule has 0 amide bonds. The van der Waals surface area contributed by atoms with Crippen LogP contribution in [0.5, 0.6) is 11.5 Å². The van der Waals surface area contributed by atoms with Crippen LogP contribution in [-0.4, -0.2) is 12.2 Å². The van der Waals surface area contributed by atoms with Crippen LogP contribution in [0.15, 0.2) is 45.3 Å². The highest BCUT2D eigenvalue weighted by Gasteiger charge is 2.28. The van der Waals surface area contributed by atoms with E-state index in [9.17, 15) is 5.11 Å². The molecule has 110 valence electrons. The number of halogens is 2. The zero-order valence-corrected chi connectivity index (χ0v) is 14.5. The third-order valence-electron chi connectivity index (χ3n) is 3.60. The molecule has 3 nitrogen and oxygen atoms in total. The first-order valence-corrected chi connectivity index (χ1v) is 8.14. The number of rotatable bonds is 2. The van der Waals surface area contributed by atoms with E-state index >= 15 is 0 Å². The summed E-state index contributed by atoms with van der Waals surface area (Å²) in [5, 5.41) is 10.4. The van der Waals surface area contributed by atoms with Crippen molar-refractivity contribution < 1.29 is 14.6 Å². The number of hydrogen-bond donors (Lipinski definition) is 1. The Balaban J connectivity index is 1.92. The standard InChI is InChI=1S/C16H14Br2O3/c1-20-10-3-5-15-11(7-10)14(19)8-16(21-15)9-2-4-12(17)13(18)6-9/h2-7,14,16,19H,8H2,1H3/t14-,16?/m0/s1. The van der Waals surface area contributed by atoms with Crippen LogP contribution in [0, 0.1) is 0 Å². The van der Waals surface area contributed by atoms with Crippen molar-refractivity contribution in [2.45, 2.75) is 18.6 Å². The van der Waals surface area contributed by atoms with Crippen LogP contribution in [-0.2, 0) is 0 Å². The SMILES string of the molecule is COc1ccc2c(c1)[C@@H](O)CC(c1ccc(Br)c(Br)c1)O2. The largest absolute Gasteiger partial charge is 0.497 e. The van der Waals surface area contributed by atoms with Gasteiger partial charge in [-0.1, -0.05) is 6.07 Å². The highest BCUT2D eigenvalue weighted by molar-refractivity contribution is 9.13. The number of aliphatic hydroxyl groups excluding tert-OH is 1. The van der Waals surface area contributed by atoms with Gasteiger partial charge in [-0.2, -0.15) is 0 Å². The van der Waals surface area contributed by atoms with Crippen molar-refractivity contribution in [3.8, 4) is 11.5 Å². The Morgan fingerprint density at radius 2 is 1.95 bits per heavy atom. The molecule has 0 radical (unpaired) electrons.